The molecule has 20 heavy (non-hydrogen) atoms. The molecule has 0 aliphatic heterocycles. The summed E-state index contributed by atoms with van der Waals surface area (Å²) in [4.78, 5) is 10.2. The van der Waals surface area contributed by atoms with Gasteiger partial charge >= 0.3 is 5.97 Å². The van der Waals surface area contributed by atoms with Crippen molar-refractivity contribution in [2.45, 2.75) is 58.3 Å². The molecule has 0 rings (SSSR count). The SMILES string of the molecule is CCCCCSCC/C=C/CCCCOCCC(=O)O. The van der Waals surface area contributed by atoms with Crippen LogP contribution in [0.5, 0.6) is 0 Å². The minimum Gasteiger partial charge on any atom is -0.481 e. The summed E-state index contributed by atoms with van der Waals surface area (Å²) in [7, 11) is 0. The van der Waals surface area contributed by atoms with Gasteiger partial charge in [0.25, 0.3) is 0 Å². The van der Waals surface area contributed by atoms with Crippen LogP contribution in [0.3, 0.4) is 0 Å². The first-order valence-electron chi connectivity index (χ1n) is 7.79. The Balaban J connectivity index is 3.07. The van der Waals surface area contributed by atoms with Gasteiger partial charge in [-0.25, -0.2) is 0 Å². The van der Waals surface area contributed by atoms with Gasteiger partial charge in [-0.05, 0) is 43.6 Å². The molecule has 0 saturated heterocycles. The average Bonchev–Trinajstić information content (AvgIpc) is 2.43. The van der Waals surface area contributed by atoms with E-state index in [4.69, 9.17) is 9.84 Å². The smallest absolute Gasteiger partial charge is 0.305 e. The van der Waals surface area contributed by atoms with Gasteiger partial charge in [-0.2, -0.15) is 11.8 Å². The molecule has 0 aromatic carbocycles. The predicted octanol–water partition coefficient (Wildman–Crippen LogP) is 4.52. The molecule has 0 aromatic heterocycles. The Hall–Kier alpha value is -0.480. The highest BCUT2D eigenvalue weighted by Gasteiger charge is 1.95. The molecule has 0 aliphatic rings. The maximum Gasteiger partial charge on any atom is 0.305 e. The number of carboxylic acids is 1. The van der Waals surface area contributed by atoms with Crippen molar-refractivity contribution in [1.82, 2.24) is 0 Å². The Morgan fingerprint density at radius 2 is 1.85 bits per heavy atom. The summed E-state index contributed by atoms with van der Waals surface area (Å²) < 4.78 is 5.23. The number of aliphatic carboxylic acids is 1. The number of hydrogen-bond donors (Lipinski definition) is 1. The summed E-state index contributed by atoms with van der Waals surface area (Å²) in [6.45, 7) is 3.25. The number of allylic oxidation sites excluding steroid dienone is 2. The van der Waals surface area contributed by atoms with E-state index in [9.17, 15) is 4.79 Å². The third-order valence-electron chi connectivity index (χ3n) is 2.86. The van der Waals surface area contributed by atoms with Crippen molar-refractivity contribution in [1.29, 1.82) is 0 Å². The molecule has 0 atom stereocenters. The second-order valence-corrected chi connectivity index (χ2v) is 6.06. The fourth-order valence-electron chi connectivity index (χ4n) is 1.67. The van der Waals surface area contributed by atoms with Crippen molar-refractivity contribution >= 4 is 17.7 Å². The monoisotopic (exact) mass is 302 g/mol. The third kappa shape index (κ3) is 17.5. The number of hydrogen-bond acceptors (Lipinski definition) is 3. The Kier molecular flexibility index (Phi) is 16.2. The van der Waals surface area contributed by atoms with Crippen LogP contribution in [0.2, 0.25) is 0 Å². The van der Waals surface area contributed by atoms with Gasteiger partial charge in [-0.1, -0.05) is 31.9 Å². The first-order valence-corrected chi connectivity index (χ1v) is 8.95. The molecule has 1 N–H and O–H groups in total. The van der Waals surface area contributed by atoms with Crippen molar-refractivity contribution in [3.63, 3.8) is 0 Å². The Morgan fingerprint density at radius 1 is 1.05 bits per heavy atom. The number of carbonyl (C=O) groups is 1. The van der Waals surface area contributed by atoms with E-state index < -0.39 is 5.97 Å². The molecule has 0 bridgehead atoms. The van der Waals surface area contributed by atoms with Crippen LogP contribution in [0.4, 0.5) is 0 Å². The molecule has 0 fully saturated rings. The maximum atomic E-state index is 10.2. The highest BCUT2D eigenvalue weighted by molar-refractivity contribution is 7.99. The van der Waals surface area contributed by atoms with E-state index >= 15 is 0 Å². The van der Waals surface area contributed by atoms with E-state index in [1.807, 2.05) is 0 Å². The fourth-order valence-corrected chi connectivity index (χ4v) is 2.59. The average molecular weight is 302 g/mol. The number of unbranched alkanes of at least 4 members (excludes halogenated alkanes) is 4. The number of thioether (sulfide) groups is 1. The molecule has 0 saturated carbocycles. The first kappa shape index (κ1) is 19.5. The van der Waals surface area contributed by atoms with Crippen LogP contribution in [0, 0.1) is 0 Å². The van der Waals surface area contributed by atoms with E-state index in [2.05, 4.69) is 30.8 Å². The van der Waals surface area contributed by atoms with E-state index in [0.717, 1.165) is 19.3 Å². The molecule has 4 heteroatoms. The minimum absolute atomic E-state index is 0.107. The summed E-state index contributed by atoms with van der Waals surface area (Å²) >= 11 is 2.05. The number of rotatable bonds is 15. The van der Waals surface area contributed by atoms with Gasteiger partial charge in [0.15, 0.2) is 0 Å². The summed E-state index contributed by atoms with van der Waals surface area (Å²) in [5.41, 5.74) is 0. The summed E-state index contributed by atoms with van der Waals surface area (Å²) in [5, 5.41) is 8.43. The molecule has 0 spiro atoms. The second kappa shape index (κ2) is 16.6. The zero-order valence-electron chi connectivity index (χ0n) is 12.8. The van der Waals surface area contributed by atoms with E-state index in [-0.39, 0.29) is 6.42 Å². The van der Waals surface area contributed by atoms with Crippen LogP contribution in [0.1, 0.15) is 58.3 Å². The van der Waals surface area contributed by atoms with Gasteiger partial charge < -0.3 is 9.84 Å². The minimum atomic E-state index is -0.791. The third-order valence-corrected chi connectivity index (χ3v) is 3.96. The molecule has 3 nitrogen and oxygen atoms in total. The van der Waals surface area contributed by atoms with Crippen molar-refractivity contribution in [3.8, 4) is 0 Å². The second-order valence-electron chi connectivity index (χ2n) is 4.83. The summed E-state index contributed by atoms with van der Waals surface area (Å²) in [5.74, 6) is 1.74. The van der Waals surface area contributed by atoms with Crippen molar-refractivity contribution in [3.05, 3.63) is 12.2 Å². The maximum absolute atomic E-state index is 10.2. The van der Waals surface area contributed by atoms with Gasteiger partial charge in [-0.3, -0.25) is 4.79 Å². The molecule has 0 amide bonds. The first-order chi connectivity index (χ1) is 9.77. The Morgan fingerprint density at radius 3 is 2.60 bits per heavy atom. The highest BCUT2D eigenvalue weighted by atomic mass is 32.2. The molecule has 0 heterocycles. The molecule has 0 aliphatic carbocycles. The van der Waals surface area contributed by atoms with Crippen molar-refractivity contribution in [2.24, 2.45) is 0 Å². The van der Waals surface area contributed by atoms with Crippen LogP contribution in [-0.2, 0) is 9.53 Å². The topological polar surface area (TPSA) is 46.5 Å². The largest absolute Gasteiger partial charge is 0.481 e. The van der Waals surface area contributed by atoms with Crippen molar-refractivity contribution in [2.75, 3.05) is 24.7 Å². The number of carboxylic acid groups (broad SMARTS) is 1. The van der Waals surface area contributed by atoms with Crippen molar-refractivity contribution < 1.29 is 14.6 Å². The lowest BCUT2D eigenvalue weighted by Gasteiger charge is -2.01. The van der Waals surface area contributed by atoms with E-state index in [0.29, 0.717) is 13.2 Å². The highest BCUT2D eigenvalue weighted by Crippen LogP contribution is 2.08. The predicted molar refractivity (Wildman–Crippen MR) is 87.5 cm³/mol. The number of ether oxygens (including phenoxy) is 1. The quantitative estimate of drug-likeness (QED) is 0.357. The lowest BCUT2D eigenvalue weighted by Crippen LogP contribution is -2.03. The summed E-state index contributed by atoms with van der Waals surface area (Å²) in [6.07, 6.45) is 13.1. The molecule has 0 unspecified atom stereocenters. The summed E-state index contributed by atoms with van der Waals surface area (Å²) in [6, 6.07) is 0. The fraction of sp³-hybridized carbons (Fsp3) is 0.812. The zero-order valence-corrected chi connectivity index (χ0v) is 13.6. The van der Waals surface area contributed by atoms with Gasteiger partial charge in [0.2, 0.25) is 0 Å². The van der Waals surface area contributed by atoms with Crippen LogP contribution in [0.15, 0.2) is 12.2 Å². The van der Waals surface area contributed by atoms with Crippen LogP contribution >= 0.6 is 11.8 Å². The molecule has 0 aromatic rings. The Bertz CT molecular complexity index is 242. The van der Waals surface area contributed by atoms with Crippen LogP contribution in [-0.4, -0.2) is 35.8 Å². The molecule has 0 radical (unpaired) electrons. The van der Waals surface area contributed by atoms with Crippen LogP contribution in [0.25, 0.3) is 0 Å². The molecular weight excluding hydrogens is 272 g/mol. The van der Waals surface area contributed by atoms with Gasteiger partial charge in [0.05, 0.1) is 13.0 Å². The van der Waals surface area contributed by atoms with Gasteiger partial charge in [0, 0.05) is 6.61 Å². The zero-order chi connectivity index (χ0) is 14.9. The van der Waals surface area contributed by atoms with E-state index in [1.54, 1.807) is 0 Å². The molecular formula is C16H30O3S. The lowest BCUT2D eigenvalue weighted by molar-refractivity contribution is -0.138. The van der Waals surface area contributed by atoms with Gasteiger partial charge in [-0.15, -0.1) is 0 Å². The normalized spacial score (nSPS) is 11.2. The molecule has 118 valence electrons. The van der Waals surface area contributed by atoms with Crippen LogP contribution < -0.4 is 0 Å². The van der Waals surface area contributed by atoms with E-state index in [1.165, 1.54) is 37.2 Å². The standard InChI is InChI=1S/C16H30O3S/c1-2-3-9-14-20-15-10-7-5-4-6-8-12-19-13-11-16(17)18/h5,7H,2-4,6,8-15H2,1H3,(H,17,18)/b7-5+. The van der Waals surface area contributed by atoms with Gasteiger partial charge in [0.1, 0.15) is 0 Å². The Labute approximate surface area is 128 Å². The lowest BCUT2D eigenvalue weighted by atomic mass is 10.2.